The Morgan fingerprint density at radius 1 is 1.00 bits per heavy atom. The summed E-state index contributed by atoms with van der Waals surface area (Å²) in [6.07, 6.45) is 0. The summed E-state index contributed by atoms with van der Waals surface area (Å²) in [5, 5.41) is 0. The molecule has 1 nitrogen and oxygen atoms in total. The first-order valence-corrected chi connectivity index (χ1v) is 0.753. The summed E-state index contributed by atoms with van der Waals surface area (Å²) >= 11 is 1.62. The van der Waals surface area contributed by atoms with Gasteiger partial charge in [-0.15, -0.1) is 24.8 Å². The van der Waals surface area contributed by atoms with Crippen molar-refractivity contribution in [1.82, 2.24) is 0 Å². The molecule has 4 heavy (non-hydrogen) atoms. The van der Waals surface area contributed by atoms with Crippen molar-refractivity contribution in [2.45, 2.75) is 0 Å². The van der Waals surface area contributed by atoms with Crippen molar-refractivity contribution in [2.75, 3.05) is 0 Å². The van der Waals surface area contributed by atoms with Gasteiger partial charge < -0.3 is 0 Å². The summed E-state index contributed by atoms with van der Waals surface area (Å²) in [6.45, 7) is 0. The Morgan fingerprint density at radius 2 is 1.00 bits per heavy atom. The van der Waals surface area contributed by atoms with Crippen LogP contribution in [0, 0.1) is 0 Å². The van der Waals surface area contributed by atoms with Gasteiger partial charge in [-0.05, 0) is 0 Å². The van der Waals surface area contributed by atoms with E-state index in [9.17, 15) is 0 Å². The van der Waals surface area contributed by atoms with E-state index >= 15 is 0 Å². The second-order valence-corrected chi connectivity index (χ2v) is 0. The molecule has 0 bridgehead atoms. The van der Waals surface area contributed by atoms with E-state index in [0.717, 1.165) is 0 Å². The van der Waals surface area contributed by atoms with Crippen molar-refractivity contribution >= 4 is 24.8 Å². The Hall–Kier alpha value is 1.07. The number of rotatable bonds is 0. The zero-order valence-electron chi connectivity index (χ0n) is 1.67. The van der Waals surface area contributed by atoms with Crippen molar-refractivity contribution in [3.8, 4) is 0 Å². The third kappa shape index (κ3) is 11.5. The van der Waals surface area contributed by atoms with Gasteiger partial charge in [-0.25, -0.2) is 0 Å². The monoisotopic (exact) mass is 141 g/mol. The van der Waals surface area contributed by atoms with Crippen LogP contribution in [0.4, 0.5) is 0 Å². The molecule has 29 valence electrons. The Labute approximate surface area is 46.0 Å². The molecule has 0 aromatic rings. The van der Waals surface area contributed by atoms with E-state index in [1.165, 1.54) is 0 Å². The SMILES string of the molecule is Cl.Cl.[OH][Cr]. The van der Waals surface area contributed by atoms with E-state index in [0.29, 0.717) is 0 Å². The third-order valence-corrected chi connectivity index (χ3v) is 0. The van der Waals surface area contributed by atoms with Crippen LogP contribution in [0.25, 0.3) is 0 Å². The van der Waals surface area contributed by atoms with Crippen molar-refractivity contribution < 1.29 is 20.8 Å². The van der Waals surface area contributed by atoms with Gasteiger partial charge >= 0.3 is 20.8 Å². The van der Waals surface area contributed by atoms with Crippen molar-refractivity contribution in [3.63, 3.8) is 0 Å². The minimum absolute atomic E-state index is 0. The van der Waals surface area contributed by atoms with E-state index in [-0.39, 0.29) is 24.8 Å². The molecular formula is H3Cl2CrO. The summed E-state index contributed by atoms with van der Waals surface area (Å²) < 4.78 is 6.88. The standard InChI is InChI=1S/2ClH.Cr.H2O/h2*1H;;1H2/q;;+1;/p-1. The van der Waals surface area contributed by atoms with Gasteiger partial charge in [0.05, 0.1) is 0 Å². The molecule has 0 amide bonds. The summed E-state index contributed by atoms with van der Waals surface area (Å²) in [7, 11) is 0. The van der Waals surface area contributed by atoms with E-state index in [1.54, 1.807) is 16.6 Å². The molecule has 0 aromatic carbocycles. The molecule has 0 saturated heterocycles. The Balaban J connectivity index is -0.00000000500. The maximum absolute atomic E-state index is 6.88. The van der Waals surface area contributed by atoms with Crippen molar-refractivity contribution in [1.29, 1.82) is 0 Å². The first-order chi connectivity index (χ1) is 1.00. The number of hydrogen-bond acceptors (Lipinski definition) is 1. The molecule has 0 saturated carbocycles. The van der Waals surface area contributed by atoms with Crippen LogP contribution in [-0.4, -0.2) is 4.16 Å². The molecule has 0 radical (unpaired) electrons. The second kappa shape index (κ2) is 33.4. The fourth-order valence-corrected chi connectivity index (χ4v) is 0. The normalized spacial score (nSPS) is 1.25. The van der Waals surface area contributed by atoms with Gasteiger partial charge in [-0.3, -0.25) is 0 Å². The van der Waals surface area contributed by atoms with Crippen LogP contribution in [0.2, 0.25) is 0 Å². The molecule has 0 heterocycles. The molecule has 0 aliphatic carbocycles. The Kier molecular flexibility index (Phi) is 164. The van der Waals surface area contributed by atoms with Gasteiger partial charge in [0.2, 0.25) is 0 Å². The van der Waals surface area contributed by atoms with Gasteiger partial charge in [0.15, 0.2) is 0 Å². The topological polar surface area (TPSA) is 20.2 Å². The van der Waals surface area contributed by atoms with Crippen LogP contribution in [0.1, 0.15) is 0 Å². The van der Waals surface area contributed by atoms with Crippen LogP contribution in [0.3, 0.4) is 0 Å². The van der Waals surface area contributed by atoms with E-state index in [2.05, 4.69) is 0 Å². The van der Waals surface area contributed by atoms with Crippen molar-refractivity contribution in [2.24, 2.45) is 0 Å². The fourth-order valence-electron chi connectivity index (χ4n) is 0. The molecule has 0 aliphatic rings. The second-order valence-electron chi connectivity index (χ2n) is 0. The fraction of sp³-hybridized carbons (Fsp3) is 0. The van der Waals surface area contributed by atoms with E-state index in [4.69, 9.17) is 4.16 Å². The average molecular weight is 142 g/mol. The first-order valence-electron chi connectivity index (χ1n) is 0.183. The van der Waals surface area contributed by atoms with Crippen molar-refractivity contribution in [3.05, 3.63) is 0 Å². The number of hydrogen-bond donors (Lipinski definition) is 1. The molecule has 1 N–H and O–H groups in total. The van der Waals surface area contributed by atoms with Gasteiger partial charge in [0.1, 0.15) is 0 Å². The zero-order chi connectivity index (χ0) is 2.00. The predicted octanol–water partition coefficient (Wildman–Crippen LogP) is 0.284. The number of halogens is 2. The van der Waals surface area contributed by atoms with Crippen LogP contribution in [0.5, 0.6) is 0 Å². The molecule has 0 fully saturated rings. The third-order valence-electron chi connectivity index (χ3n) is 0. The van der Waals surface area contributed by atoms with E-state index < -0.39 is 0 Å². The van der Waals surface area contributed by atoms with Crippen LogP contribution in [-0.2, 0) is 16.6 Å². The van der Waals surface area contributed by atoms with Crippen LogP contribution >= 0.6 is 24.8 Å². The quantitative estimate of drug-likeness (QED) is 0.515. The van der Waals surface area contributed by atoms with Crippen LogP contribution < -0.4 is 0 Å². The van der Waals surface area contributed by atoms with Gasteiger partial charge in [0.25, 0.3) is 0 Å². The summed E-state index contributed by atoms with van der Waals surface area (Å²) in [5.74, 6) is 0. The first kappa shape index (κ1) is 19.6. The van der Waals surface area contributed by atoms with Crippen LogP contribution in [0.15, 0.2) is 0 Å². The molecule has 0 atom stereocenters. The minimum atomic E-state index is 0. The molecule has 0 unspecified atom stereocenters. The summed E-state index contributed by atoms with van der Waals surface area (Å²) in [5.41, 5.74) is 0. The molecule has 0 spiro atoms. The van der Waals surface area contributed by atoms with Gasteiger partial charge in [-0.2, -0.15) is 0 Å². The van der Waals surface area contributed by atoms with E-state index in [1.807, 2.05) is 0 Å². The predicted molar refractivity (Wildman–Crippen MR) is 16.7 cm³/mol. The van der Waals surface area contributed by atoms with Gasteiger partial charge in [0, 0.05) is 0 Å². The summed E-state index contributed by atoms with van der Waals surface area (Å²) in [4.78, 5) is 0. The molecule has 0 rings (SSSR count). The molecule has 0 aromatic heterocycles. The molecule has 0 aliphatic heterocycles. The molecule has 4 heteroatoms. The summed E-state index contributed by atoms with van der Waals surface area (Å²) in [6, 6.07) is 0. The Morgan fingerprint density at radius 3 is 1.00 bits per heavy atom. The molecular weight excluding hydrogens is 139 g/mol. The zero-order valence-corrected chi connectivity index (χ0v) is 4.58. The Bertz CT molecular complexity index is 6.00. The van der Waals surface area contributed by atoms with Gasteiger partial charge in [-0.1, -0.05) is 0 Å². The average Bonchev–Trinajstić information content (AvgIpc) is 1.00. The maximum atomic E-state index is 6.88.